The summed E-state index contributed by atoms with van der Waals surface area (Å²) in [7, 11) is 1.29. The minimum Gasteiger partial charge on any atom is -0.465 e. The number of aryl methyl sites for hydroxylation is 1. The van der Waals surface area contributed by atoms with Gasteiger partial charge in [0.2, 0.25) is 0 Å². The third-order valence-electron chi connectivity index (χ3n) is 1.58. The highest BCUT2D eigenvalue weighted by Gasteiger charge is 2.06. The molecule has 0 heterocycles. The monoisotopic (exact) mass is 168 g/mol. The van der Waals surface area contributed by atoms with Gasteiger partial charge in [0.15, 0.2) is 0 Å². The van der Waals surface area contributed by atoms with E-state index in [1.807, 2.05) is 0 Å². The van der Waals surface area contributed by atoms with E-state index >= 15 is 0 Å². The van der Waals surface area contributed by atoms with Crippen LogP contribution in [0.5, 0.6) is 0 Å². The molecular formula is C9H9FO2. The Labute approximate surface area is 70.0 Å². The van der Waals surface area contributed by atoms with E-state index in [2.05, 4.69) is 4.74 Å². The number of halogens is 1. The van der Waals surface area contributed by atoms with E-state index in [1.165, 1.54) is 25.3 Å². The molecule has 0 radical (unpaired) electrons. The number of ether oxygens (including phenoxy) is 1. The number of rotatable bonds is 1. The Kier molecular flexibility index (Phi) is 2.43. The lowest BCUT2D eigenvalue weighted by molar-refractivity contribution is 0.0600. The minimum atomic E-state index is -0.446. The summed E-state index contributed by atoms with van der Waals surface area (Å²) in [6.07, 6.45) is 0. The van der Waals surface area contributed by atoms with Gasteiger partial charge in [-0.1, -0.05) is 0 Å². The molecule has 0 saturated heterocycles. The summed E-state index contributed by atoms with van der Waals surface area (Å²) in [5, 5.41) is 0. The zero-order chi connectivity index (χ0) is 9.14. The summed E-state index contributed by atoms with van der Waals surface area (Å²) in [5.74, 6) is -0.763. The van der Waals surface area contributed by atoms with Crippen LogP contribution in [0.2, 0.25) is 0 Å². The molecule has 1 aromatic carbocycles. The molecular weight excluding hydrogens is 159 g/mol. The van der Waals surface area contributed by atoms with Gasteiger partial charge in [-0.05, 0) is 30.7 Å². The molecule has 2 nitrogen and oxygen atoms in total. The summed E-state index contributed by atoms with van der Waals surface area (Å²) in [6, 6.07) is 4.11. The van der Waals surface area contributed by atoms with Crippen LogP contribution in [0.1, 0.15) is 15.9 Å². The second-order valence-electron chi connectivity index (χ2n) is 2.46. The van der Waals surface area contributed by atoms with Crippen LogP contribution in [0.15, 0.2) is 18.2 Å². The van der Waals surface area contributed by atoms with Crippen LogP contribution in [-0.4, -0.2) is 13.1 Å². The summed E-state index contributed by atoms with van der Waals surface area (Å²) < 4.78 is 17.2. The van der Waals surface area contributed by atoms with Crippen LogP contribution in [0, 0.1) is 12.7 Å². The Morgan fingerprint density at radius 2 is 2.17 bits per heavy atom. The van der Waals surface area contributed by atoms with Crippen molar-refractivity contribution < 1.29 is 13.9 Å². The van der Waals surface area contributed by atoms with Crippen LogP contribution < -0.4 is 0 Å². The number of carbonyl (C=O) groups is 1. The van der Waals surface area contributed by atoms with E-state index < -0.39 is 5.97 Å². The fraction of sp³-hybridized carbons (Fsp3) is 0.222. The largest absolute Gasteiger partial charge is 0.465 e. The molecule has 64 valence electrons. The first-order valence-electron chi connectivity index (χ1n) is 3.49. The van der Waals surface area contributed by atoms with Crippen molar-refractivity contribution in [3.63, 3.8) is 0 Å². The van der Waals surface area contributed by atoms with Gasteiger partial charge in [-0.2, -0.15) is 0 Å². The van der Waals surface area contributed by atoms with E-state index in [1.54, 1.807) is 6.92 Å². The first-order chi connectivity index (χ1) is 5.65. The second-order valence-corrected chi connectivity index (χ2v) is 2.46. The van der Waals surface area contributed by atoms with Crippen molar-refractivity contribution in [2.45, 2.75) is 6.92 Å². The van der Waals surface area contributed by atoms with Crippen molar-refractivity contribution in [2.24, 2.45) is 0 Å². The van der Waals surface area contributed by atoms with E-state index in [0.717, 1.165) is 0 Å². The first-order valence-corrected chi connectivity index (χ1v) is 3.49. The molecule has 0 aliphatic rings. The van der Waals surface area contributed by atoms with Crippen LogP contribution in [0.25, 0.3) is 0 Å². The van der Waals surface area contributed by atoms with Crippen LogP contribution in [0.3, 0.4) is 0 Å². The van der Waals surface area contributed by atoms with Gasteiger partial charge in [0.05, 0.1) is 12.7 Å². The zero-order valence-electron chi connectivity index (χ0n) is 6.93. The number of methoxy groups -OCH3 is 1. The van der Waals surface area contributed by atoms with Crippen molar-refractivity contribution in [3.05, 3.63) is 35.1 Å². The normalized spacial score (nSPS) is 9.58. The predicted molar refractivity (Wildman–Crippen MR) is 42.5 cm³/mol. The number of hydrogen-bond donors (Lipinski definition) is 0. The summed E-state index contributed by atoms with van der Waals surface area (Å²) in [4.78, 5) is 10.9. The topological polar surface area (TPSA) is 26.3 Å². The minimum absolute atomic E-state index is 0.317. The second kappa shape index (κ2) is 3.34. The fourth-order valence-electron chi connectivity index (χ4n) is 0.890. The number of esters is 1. The van der Waals surface area contributed by atoms with Gasteiger partial charge in [-0.15, -0.1) is 0 Å². The Balaban J connectivity index is 3.05. The Hall–Kier alpha value is -1.38. The molecule has 0 aromatic heterocycles. The summed E-state index contributed by atoms with van der Waals surface area (Å²) >= 11 is 0. The quantitative estimate of drug-likeness (QED) is 0.599. The predicted octanol–water partition coefficient (Wildman–Crippen LogP) is 1.92. The highest BCUT2D eigenvalue weighted by atomic mass is 19.1. The lowest BCUT2D eigenvalue weighted by Gasteiger charge is -2.00. The van der Waals surface area contributed by atoms with Gasteiger partial charge in [0.25, 0.3) is 0 Å². The number of hydrogen-bond acceptors (Lipinski definition) is 2. The zero-order valence-corrected chi connectivity index (χ0v) is 6.93. The Morgan fingerprint density at radius 1 is 1.50 bits per heavy atom. The maximum Gasteiger partial charge on any atom is 0.337 e. The molecule has 0 aliphatic carbocycles. The smallest absolute Gasteiger partial charge is 0.337 e. The molecule has 0 bridgehead atoms. The average molecular weight is 168 g/mol. The van der Waals surface area contributed by atoms with E-state index in [4.69, 9.17) is 0 Å². The van der Waals surface area contributed by atoms with Gasteiger partial charge in [-0.25, -0.2) is 9.18 Å². The van der Waals surface area contributed by atoms with Crippen LogP contribution in [-0.2, 0) is 4.74 Å². The van der Waals surface area contributed by atoms with E-state index in [-0.39, 0.29) is 5.82 Å². The fourth-order valence-corrected chi connectivity index (χ4v) is 0.890. The highest BCUT2D eigenvalue weighted by molar-refractivity contribution is 5.89. The first kappa shape index (κ1) is 8.71. The SMILES string of the molecule is COC(=O)c1ccc(F)c(C)c1. The molecule has 12 heavy (non-hydrogen) atoms. The van der Waals surface area contributed by atoms with Crippen molar-refractivity contribution >= 4 is 5.97 Å². The maximum absolute atomic E-state index is 12.7. The standard InChI is InChI=1S/C9H9FO2/c1-6-5-7(9(11)12-2)3-4-8(6)10/h3-5H,1-2H3. The van der Waals surface area contributed by atoms with Gasteiger partial charge in [0.1, 0.15) is 5.82 Å². The molecule has 1 rings (SSSR count). The van der Waals surface area contributed by atoms with Gasteiger partial charge < -0.3 is 4.74 Å². The molecule has 0 saturated carbocycles. The molecule has 0 unspecified atom stereocenters. The molecule has 0 aliphatic heterocycles. The highest BCUT2D eigenvalue weighted by Crippen LogP contribution is 2.09. The third kappa shape index (κ3) is 1.61. The van der Waals surface area contributed by atoms with Crippen molar-refractivity contribution in [2.75, 3.05) is 7.11 Å². The molecule has 0 atom stereocenters. The molecule has 0 amide bonds. The number of benzene rings is 1. The molecule has 0 fully saturated rings. The number of carbonyl (C=O) groups excluding carboxylic acids is 1. The van der Waals surface area contributed by atoms with E-state index in [9.17, 15) is 9.18 Å². The third-order valence-corrected chi connectivity index (χ3v) is 1.58. The maximum atomic E-state index is 12.7. The van der Waals surface area contributed by atoms with Crippen molar-refractivity contribution in [1.29, 1.82) is 0 Å². The summed E-state index contributed by atoms with van der Waals surface area (Å²) in [5.41, 5.74) is 0.814. The summed E-state index contributed by atoms with van der Waals surface area (Å²) in [6.45, 7) is 1.60. The van der Waals surface area contributed by atoms with Crippen molar-refractivity contribution in [3.8, 4) is 0 Å². The molecule has 0 N–H and O–H groups in total. The van der Waals surface area contributed by atoms with Crippen LogP contribution in [0.4, 0.5) is 4.39 Å². The Bertz CT molecular complexity index is 307. The molecule has 3 heteroatoms. The van der Waals surface area contributed by atoms with Crippen LogP contribution >= 0.6 is 0 Å². The molecule has 1 aromatic rings. The Morgan fingerprint density at radius 3 is 2.67 bits per heavy atom. The van der Waals surface area contributed by atoms with Gasteiger partial charge in [0, 0.05) is 0 Å². The van der Waals surface area contributed by atoms with E-state index in [0.29, 0.717) is 11.1 Å². The lowest BCUT2D eigenvalue weighted by atomic mass is 10.1. The van der Waals surface area contributed by atoms with Gasteiger partial charge >= 0.3 is 5.97 Å². The van der Waals surface area contributed by atoms with Crippen molar-refractivity contribution in [1.82, 2.24) is 0 Å². The molecule has 0 spiro atoms. The average Bonchev–Trinajstić information content (AvgIpc) is 2.08. The van der Waals surface area contributed by atoms with Gasteiger partial charge in [-0.3, -0.25) is 0 Å². The lowest BCUT2D eigenvalue weighted by Crippen LogP contribution is -2.01.